The molecule has 2 aliphatic rings. The fourth-order valence-corrected chi connectivity index (χ4v) is 3.62. The van der Waals surface area contributed by atoms with Crippen LogP contribution >= 0.6 is 24.0 Å². The number of aliphatic imine (C=N–C) groups is 1. The van der Waals surface area contributed by atoms with Gasteiger partial charge in [0.1, 0.15) is 5.82 Å². The van der Waals surface area contributed by atoms with Gasteiger partial charge in [-0.3, -0.25) is 0 Å². The molecule has 0 radical (unpaired) electrons. The van der Waals surface area contributed by atoms with Gasteiger partial charge in [0.25, 0.3) is 0 Å². The Kier molecular flexibility index (Phi) is 8.26. The quantitative estimate of drug-likeness (QED) is 0.427. The summed E-state index contributed by atoms with van der Waals surface area (Å²) in [5.74, 6) is 2.91. The largest absolute Gasteiger partial charge is 0.357 e. The first kappa shape index (κ1) is 20.3. The number of rotatable bonds is 4. The first-order valence-corrected chi connectivity index (χ1v) is 9.49. The van der Waals surface area contributed by atoms with Crippen LogP contribution in [0.5, 0.6) is 0 Å². The van der Waals surface area contributed by atoms with Gasteiger partial charge in [-0.05, 0) is 50.2 Å². The number of halogens is 1. The Hall–Kier alpha value is -1.05. The molecule has 5 nitrogen and oxygen atoms in total. The van der Waals surface area contributed by atoms with Crippen molar-refractivity contribution in [3.05, 3.63) is 23.9 Å². The second kappa shape index (κ2) is 10.2. The van der Waals surface area contributed by atoms with Crippen molar-refractivity contribution in [1.29, 1.82) is 0 Å². The molecule has 1 aromatic heterocycles. The Balaban J connectivity index is 0.00000225. The molecule has 1 N–H and O–H groups in total. The molecule has 0 amide bonds. The summed E-state index contributed by atoms with van der Waals surface area (Å²) in [6, 6.07) is 4.32. The van der Waals surface area contributed by atoms with Crippen LogP contribution in [0.25, 0.3) is 0 Å². The highest BCUT2D eigenvalue weighted by molar-refractivity contribution is 14.0. The van der Waals surface area contributed by atoms with Crippen molar-refractivity contribution in [1.82, 2.24) is 15.2 Å². The maximum Gasteiger partial charge on any atom is 0.194 e. The third kappa shape index (κ3) is 5.72. The molecule has 1 unspecified atom stereocenters. The normalized spacial score (nSPS) is 21.2. The van der Waals surface area contributed by atoms with E-state index in [1.54, 1.807) is 0 Å². The maximum atomic E-state index is 4.85. The van der Waals surface area contributed by atoms with Crippen LogP contribution in [-0.2, 0) is 6.54 Å². The molecule has 2 aliphatic heterocycles. The Morgan fingerprint density at radius 2 is 2.04 bits per heavy atom. The fourth-order valence-electron chi connectivity index (χ4n) is 3.62. The van der Waals surface area contributed by atoms with E-state index < -0.39 is 0 Å². The number of anilines is 1. The van der Waals surface area contributed by atoms with Crippen LogP contribution in [0.3, 0.4) is 0 Å². The van der Waals surface area contributed by atoms with Crippen molar-refractivity contribution in [3.8, 4) is 0 Å². The van der Waals surface area contributed by atoms with E-state index in [1.807, 2.05) is 6.20 Å². The second-order valence-electron chi connectivity index (χ2n) is 7.08. The zero-order valence-electron chi connectivity index (χ0n) is 15.6. The van der Waals surface area contributed by atoms with E-state index in [2.05, 4.69) is 46.1 Å². The van der Waals surface area contributed by atoms with Gasteiger partial charge in [0.2, 0.25) is 0 Å². The van der Waals surface area contributed by atoms with Crippen LogP contribution < -0.4 is 10.2 Å². The molecule has 2 fully saturated rings. The predicted octanol–water partition coefficient (Wildman–Crippen LogP) is 3.50. The minimum absolute atomic E-state index is 0. The fraction of sp³-hybridized carbons (Fsp3) is 0.684. The first-order valence-electron chi connectivity index (χ1n) is 9.49. The Morgan fingerprint density at radius 3 is 2.68 bits per heavy atom. The second-order valence-corrected chi connectivity index (χ2v) is 7.08. The monoisotopic (exact) mass is 457 g/mol. The summed E-state index contributed by atoms with van der Waals surface area (Å²) in [4.78, 5) is 14.3. The summed E-state index contributed by atoms with van der Waals surface area (Å²) >= 11 is 0. The zero-order valence-corrected chi connectivity index (χ0v) is 17.9. The minimum Gasteiger partial charge on any atom is -0.357 e. The molecule has 0 aliphatic carbocycles. The van der Waals surface area contributed by atoms with Gasteiger partial charge in [0.05, 0.1) is 6.54 Å². The average molecular weight is 457 g/mol. The maximum absolute atomic E-state index is 4.85. The number of aromatic nitrogens is 1. The van der Waals surface area contributed by atoms with Gasteiger partial charge < -0.3 is 15.1 Å². The molecule has 3 heterocycles. The summed E-state index contributed by atoms with van der Waals surface area (Å²) in [6.45, 7) is 10.6. The Morgan fingerprint density at radius 1 is 1.24 bits per heavy atom. The highest BCUT2D eigenvalue weighted by atomic mass is 127. The van der Waals surface area contributed by atoms with E-state index in [9.17, 15) is 0 Å². The van der Waals surface area contributed by atoms with Gasteiger partial charge in [-0.15, -0.1) is 24.0 Å². The molecule has 6 heteroatoms. The van der Waals surface area contributed by atoms with Crippen molar-refractivity contribution in [3.63, 3.8) is 0 Å². The predicted molar refractivity (Wildman–Crippen MR) is 116 cm³/mol. The molecule has 140 valence electrons. The standard InChI is InChI=1S/C19H31N5.HI/c1-3-20-19(24-12-6-7-16(2)15-24)22-14-17-8-9-18(21-13-17)23-10-4-5-11-23;/h8-9,13,16H,3-7,10-12,14-15H2,1-2H3,(H,20,22);1H. The number of piperidine rings is 1. The number of likely N-dealkylation sites (tertiary alicyclic amines) is 1. The topological polar surface area (TPSA) is 43.8 Å². The number of nitrogens with one attached hydrogen (secondary N) is 1. The number of nitrogens with zero attached hydrogens (tertiary/aromatic N) is 4. The van der Waals surface area contributed by atoms with Crippen molar-refractivity contribution in [2.24, 2.45) is 10.9 Å². The summed E-state index contributed by atoms with van der Waals surface area (Å²) in [5, 5.41) is 3.45. The molecule has 0 spiro atoms. The van der Waals surface area contributed by atoms with Gasteiger partial charge in [-0.2, -0.15) is 0 Å². The molecule has 0 aromatic carbocycles. The smallest absolute Gasteiger partial charge is 0.194 e. The summed E-state index contributed by atoms with van der Waals surface area (Å²) in [7, 11) is 0. The lowest BCUT2D eigenvalue weighted by Gasteiger charge is -2.33. The Bertz CT molecular complexity index is 539. The van der Waals surface area contributed by atoms with E-state index in [4.69, 9.17) is 4.99 Å². The van der Waals surface area contributed by atoms with E-state index in [0.29, 0.717) is 6.54 Å². The zero-order chi connectivity index (χ0) is 16.8. The summed E-state index contributed by atoms with van der Waals surface area (Å²) in [6.07, 6.45) is 7.15. The average Bonchev–Trinajstić information content (AvgIpc) is 3.14. The first-order chi connectivity index (χ1) is 11.8. The van der Waals surface area contributed by atoms with Crippen molar-refractivity contribution in [2.45, 2.75) is 46.1 Å². The minimum atomic E-state index is 0. The van der Waals surface area contributed by atoms with E-state index in [0.717, 1.165) is 50.4 Å². The van der Waals surface area contributed by atoms with Crippen LogP contribution in [-0.4, -0.2) is 48.6 Å². The molecule has 3 rings (SSSR count). The number of guanidine groups is 1. The van der Waals surface area contributed by atoms with Crippen molar-refractivity contribution >= 4 is 35.8 Å². The van der Waals surface area contributed by atoms with Crippen LogP contribution in [0.15, 0.2) is 23.3 Å². The molecule has 2 saturated heterocycles. The summed E-state index contributed by atoms with van der Waals surface area (Å²) < 4.78 is 0. The highest BCUT2D eigenvalue weighted by Crippen LogP contribution is 2.18. The van der Waals surface area contributed by atoms with E-state index in [-0.39, 0.29) is 24.0 Å². The van der Waals surface area contributed by atoms with Crippen molar-refractivity contribution in [2.75, 3.05) is 37.6 Å². The van der Waals surface area contributed by atoms with Gasteiger partial charge in [0, 0.05) is 38.9 Å². The van der Waals surface area contributed by atoms with Gasteiger partial charge in [0.15, 0.2) is 5.96 Å². The molecular formula is C19H32IN5. The number of pyridine rings is 1. The van der Waals surface area contributed by atoms with Crippen LogP contribution in [0.2, 0.25) is 0 Å². The van der Waals surface area contributed by atoms with Crippen LogP contribution in [0.1, 0.15) is 45.1 Å². The molecule has 1 aromatic rings. The number of hydrogen-bond donors (Lipinski definition) is 1. The Labute approximate surface area is 169 Å². The van der Waals surface area contributed by atoms with Crippen LogP contribution in [0.4, 0.5) is 5.82 Å². The third-order valence-corrected chi connectivity index (χ3v) is 4.94. The third-order valence-electron chi connectivity index (χ3n) is 4.94. The molecule has 1 atom stereocenters. The SMILES string of the molecule is CCNC(=NCc1ccc(N2CCCC2)nc1)N1CCCC(C)C1.I. The molecule has 0 saturated carbocycles. The molecule has 25 heavy (non-hydrogen) atoms. The van der Waals surface area contributed by atoms with E-state index in [1.165, 1.54) is 31.2 Å². The summed E-state index contributed by atoms with van der Waals surface area (Å²) in [5.41, 5.74) is 1.18. The number of hydrogen-bond acceptors (Lipinski definition) is 3. The van der Waals surface area contributed by atoms with Gasteiger partial charge >= 0.3 is 0 Å². The van der Waals surface area contributed by atoms with E-state index >= 15 is 0 Å². The van der Waals surface area contributed by atoms with Crippen LogP contribution in [0, 0.1) is 5.92 Å². The highest BCUT2D eigenvalue weighted by Gasteiger charge is 2.19. The van der Waals surface area contributed by atoms with Crippen molar-refractivity contribution < 1.29 is 0 Å². The lowest BCUT2D eigenvalue weighted by molar-refractivity contribution is 0.266. The van der Waals surface area contributed by atoms with Gasteiger partial charge in [-0.1, -0.05) is 13.0 Å². The molecule has 0 bridgehead atoms. The lowest BCUT2D eigenvalue weighted by atomic mass is 10.0. The van der Waals surface area contributed by atoms with Gasteiger partial charge in [-0.25, -0.2) is 9.98 Å². The molecular weight excluding hydrogens is 425 g/mol. The lowest BCUT2D eigenvalue weighted by Crippen LogP contribution is -2.46.